The van der Waals surface area contributed by atoms with E-state index in [0.717, 1.165) is 5.69 Å². The Kier molecular flexibility index (Phi) is 6.31. The van der Waals surface area contributed by atoms with E-state index in [1.54, 1.807) is 12.1 Å². The molecule has 0 aliphatic carbocycles. The molecular weight excluding hydrogens is 282 g/mol. The van der Waals surface area contributed by atoms with Crippen LogP contribution in [0.3, 0.4) is 0 Å². The normalized spacial score (nSPS) is 10.0. The molecule has 0 saturated heterocycles. The van der Waals surface area contributed by atoms with Crippen LogP contribution in [0.5, 0.6) is 0 Å². The van der Waals surface area contributed by atoms with E-state index in [2.05, 4.69) is 0 Å². The van der Waals surface area contributed by atoms with Crippen LogP contribution in [0.1, 0.15) is 27.6 Å². The van der Waals surface area contributed by atoms with Crippen molar-refractivity contribution in [3.63, 3.8) is 0 Å². The number of anilines is 1. The molecule has 0 aromatic heterocycles. The molecule has 1 rings (SSSR count). The van der Waals surface area contributed by atoms with Gasteiger partial charge in [-0.05, 0) is 25.1 Å². The molecule has 1 aromatic carbocycles. The summed E-state index contributed by atoms with van der Waals surface area (Å²) in [6, 6.07) is 4.80. The molecule has 6 heteroatoms. The molecule has 5 nitrogen and oxygen atoms in total. The number of halogens is 1. The van der Waals surface area contributed by atoms with Crippen molar-refractivity contribution in [2.75, 3.05) is 38.1 Å². The molecule has 0 aliphatic heterocycles. The fraction of sp³-hybridized carbons (Fsp3) is 0.429. The number of carbonyl (C=O) groups is 2. The average molecular weight is 300 g/mol. The van der Waals surface area contributed by atoms with E-state index < -0.39 is 11.9 Å². The van der Waals surface area contributed by atoms with Crippen LogP contribution in [0.25, 0.3) is 0 Å². The summed E-state index contributed by atoms with van der Waals surface area (Å²) in [7, 11) is 2.59. The molecule has 0 atom stereocenters. The molecule has 0 fully saturated rings. The summed E-state index contributed by atoms with van der Waals surface area (Å²) in [6.07, 6.45) is 0. The Bertz CT molecular complexity index is 456. The van der Waals surface area contributed by atoms with E-state index in [4.69, 9.17) is 21.1 Å². The van der Waals surface area contributed by atoms with Gasteiger partial charge in [-0.2, -0.15) is 0 Å². The van der Waals surface area contributed by atoms with Crippen molar-refractivity contribution >= 4 is 29.2 Å². The van der Waals surface area contributed by atoms with E-state index in [9.17, 15) is 9.59 Å². The van der Waals surface area contributed by atoms with Gasteiger partial charge in [-0.3, -0.25) is 0 Å². The highest BCUT2D eigenvalue weighted by Crippen LogP contribution is 2.21. The topological polar surface area (TPSA) is 55.8 Å². The van der Waals surface area contributed by atoms with Gasteiger partial charge in [-0.1, -0.05) is 0 Å². The van der Waals surface area contributed by atoms with Crippen LogP contribution in [0.2, 0.25) is 0 Å². The minimum Gasteiger partial charge on any atom is -0.465 e. The second-order valence-electron chi connectivity index (χ2n) is 4.02. The molecular formula is C14H18ClNO4. The number of hydrogen-bond acceptors (Lipinski definition) is 5. The van der Waals surface area contributed by atoms with Gasteiger partial charge in [0.25, 0.3) is 0 Å². The number of ether oxygens (including phenoxy) is 2. The minimum absolute atomic E-state index is 0.304. The lowest BCUT2D eigenvalue weighted by Gasteiger charge is -2.23. The Labute approximate surface area is 123 Å². The van der Waals surface area contributed by atoms with Crippen molar-refractivity contribution in [2.45, 2.75) is 6.92 Å². The van der Waals surface area contributed by atoms with E-state index in [0.29, 0.717) is 30.1 Å². The van der Waals surface area contributed by atoms with Crippen LogP contribution in [0.4, 0.5) is 5.69 Å². The third kappa shape index (κ3) is 3.87. The maximum absolute atomic E-state index is 11.7. The highest BCUT2D eigenvalue weighted by Gasteiger charge is 2.16. The van der Waals surface area contributed by atoms with E-state index >= 15 is 0 Å². The van der Waals surface area contributed by atoms with Crippen LogP contribution in [-0.2, 0) is 9.47 Å². The number of nitrogens with zero attached hydrogens (tertiary/aromatic N) is 1. The highest BCUT2D eigenvalue weighted by atomic mass is 35.5. The fourth-order valence-corrected chi connectivity index (χ4v) is 2.04. The summed E-state index contributed by atoms with van der Waals surface area (Å²) in [5.41, 5.74) is 1.34. The predicted molar refractivity (Wildman–Crippen MR) is 77.7 cm³/mol. The summed E-state index contributed by atoms with van der Waals surface area (Å²) in [5.74, 6) is -0.554. The van der Waals surface area contributed by atoms with Crippen molar-refractivity contribution in [1.29, 1.82) is 0 Å². The first-order valence-corrected chi connectivity index (χ1v) is 6.73. The van der Waals surface area contributed by atoms with Gasteiger partial charge in [0.2, 0.25) is 0 Å². The minimum atomic E-state index is -0.501. The van der Waals surface area contributed by atoms with Crippen LogP contribution in [0, 0.1) is 0 Å². The molecule has 0 bridgehead atoms. The Balaban J connectivity index is 3.28. The van der Waals surface area contributed by atoms with Crippen molar-refractivity contribution < 1.29 is 19.1 Å². The van der Waals surface area contributed by atoms with Crippen LogP contribution >= 0.6 is 11.6 Å². The summed E-state index contributed by atoms with van der Waals surface area (Å²) >= 11 is 5.76. The molecule has 0 spiro atoms. The van der Waals surface area contributed by atoms with Gasteiger partial charge in [-0.15, -0.1) is 11.6 Å². The van der Waals surface area contributed by atoms with Gasteiger partial charge in [0, 0.05) is 24.7 Å². The number of methoxy groups -OCH3 is 2. The molecule has 20 heavy (non-hydrogen) atoms. The van der Waals surface area contributed by atoms with Gasteiger partial charge >= 0.3 is 11.9 Å². The van der Waals surface area contributed by atoms with Gasteiger partial charge < -0.3 is 14.4 Å². The predicted octanol–water partition coefficient (Wildman–Crippen LogP) is 2.32. The molecule has 0 N–H and O–H groups in total. The summed E-state index contributed by atoms with van der Waals surface area (Å²) in [5, 5.41) is 0. The molecule has 1 aromatic rings. The second-order valence-corrected chi connectivity index (χ2v) is 4.40. The van der Waals surface area contributed by atoms with E-state index in [-0.39, 0.29) is 0 Å². The first-order valence-electron chi connectivity index (χ1n) is 6.20. The lowest BCUT2D eigenvalue weighted by molar-refractivity contribution is 0.0599. The summed E-state index contributed by atoms with van der Waals surface area (Å²) < 4.78 is 9.39. The Morgan fingerprint density at radius 1 is 1.10 bits per heavy atom. The van der Waals surface area contributed by atoms with E-state index in [1.165, 1.54) is 20.3 Å². The highest BCUT2D eigenvalue weighted by molar-refractivity contribution is 6.18. The smallest absolute Gasteiger partial charge is 0.337 e. The Hall–Kier alpha value is -1.75. The monoisotopic (exact) mass is 299 g/mol. The zero-order chi connectivity index (χ0) is 15.1. The number of carbonyl (C=O) groups excluding carboxylic acids is 2. The van der Waals surface area contributed by atoms with Gasteiger partial charge in [-0.25, -0.2) is 9.59 Å². The molecule has 0 amide bonds. The van der Waals surface area contributed by atoms with Gasteiger partial charge in [0.1, 0.15) is 0 Å². The third-order valence-corrected chi connectivity index (χ3v) is 3.03. The lowest BCUT2D eigenvalue weighted by Crippen LogP contribution is -2.25. The van der Waals surface area contributed by atoms with E-state index in [1.807, 2.05) is 11.8 Å². The number of benzene rings is 1. The van der Waals surface area contributed by atoms with Crippen molar-refractivity contribution in [3.05, 3.63) is 29.3 Å². The maximum atomic E-state index is 11.7. The quantitative estimate of drug-likeness (QED) is 0.596. The number of esters is 2. The summed E-state index contributed by atoms with van der Waals surface area (Å²) in [6.45, 7) is 3.29. The van der Waals surface area contributed by atoms with Crippen molar-refractivity contribution in [3.8, 4) is 0 Å². The molecule has 0 radical (unpaired) electrons. The van der Waals surface area contributed by atoms with Crippen LogP contribution < -0.4 is 4.90 Å². The second kappa shape index (κ2) is 7.75. The first kappa shape index (κ1) is 16.3. The van der Waals surface area contributed by atoms with Gasteiger partial charge in [0.15, 0.2) is 0 Å². The first-order chi connectivity index (χ1) is 9.57. The molecule has 110 valence electrons. The molecule has 0 saturated carbocycles. The fourth-order valence-electron chi connectivity index (χ4n) is 1.84. The Morgan fingerprint density at radius 3 is 1.95 bits per heavy atom. The van der Waals surface area contributed by atoms with Crippen molar-refractivity contribution in [2.24, 2.45) is 0 Å². The molecule has 0 unspecified atom stereocenters. The SMILES string of the molecule is CCN(CCCl)c1cc(C(=O)OC)cc(C(=O)OC)c1. The average Bonchev–Trinajstić information content (AvgIpc) is 2.50. The van der Waals surface area contributed by atoms with Crippen LogP contribution in [0.15, 0.2) is 18.2 Å². The molecule has 0 aliphatic rings. The maximum Gasteiger partial charge on any atom is 0.337 e. The summed E-state index contributed by atoms with van der Waals surface area (Å²) in [4.78, 5) is 25.3. The third-order valence-electron chi connectivity index (χ3n) is 2.86. The largest absolute Gasteiger partial charge is 0.465 e. The van der Waals surface area contributed by atoms with Crippen molar-refractivity contribution in [1.82, 2.24) is 0 Å². The number of rotatable bonds is 6. The Morgan fingerprint density at radius 2 is 1.60 bits per heavy atom. The van der Waals surface area contributed by atoms with Gasteiger partial charge in [0.05, 0.1) is 25.3 Å². The molecule has 0 heterocycles. The number of alkyl halides is 1. The lowest BCUT2D eigenvalue weighted by atomic mass is 10.1. The van der Waals surface area contributed by atoms with Crippen LogP contribution in [-0.4, -0.2) is 45.1 Å². The zero-order valence-electron chi connectivity index (χ0n) is 11.8. The standard InChI is InChI=1S/C14H18ClNO4/c1-4-16(6-5-15)12-8-10(13(17)19-2)7-11(9-12)14(18)20-3/h7-9H,4-6H2,1-3H3. The number of hydrogen-bond donors (Lipinski definition) is 0. The zero-order valence-corrected chi connectivity index (χ0v) is 12.6.